The molecule has 0 aliphatic rings. The number of ether oxygens (including phenoxy) is 1. The van der Waals surface area contributed by atoms with E-state index < -0.39 is 0 Å². The fourth-order valence-corrected chi connectivity index (χ4v) is 1.49. The minimum atomic E-state index is 0.268. The van der Waals surface area contributed by atoms with E-state index in [0.29, 0.717) is 12.6 Å². The van der Waals surface area contributed by atoms with Gasteiger partial charge >= 0.3 is 0 Å². The lowest BCUT2D eigenvalue weighted by Gasteiger charge is -2.27. The maximum absolute atomic E-state index is 8.79. The largest absolute Gasteiger partial charge is 0.396 e. The Hall–Kier alpha value is -0.120. The molecule has 1 unspecified atom stereocenters. The maximum Gasteiger partial charge on any atom is 0.0476 e. The molecule has 2 N–H and O–H groups in total. The highest BCUT2D eigenvalue weighted by Gasteiger charge is 2.17. The third-order valence-corrected chi connectivity index (χ3v) is 2.70. The molecule has 0 aromatic heterocycles. The van der Waals surface area contributed by atoms with E-state index in [9.17, 15) is 0 Å². The zero-order chi connectivity index (χ0) is 11.7. The van der Waals surface area contributed by atoms with Crippen LogP contribution in [0.15, 0.2) is 0 Å². The second-order valence-electron chi connectivity index (χ2n) is 5.05. The molecule has 0 amide bonds. The summed E-state index contributed by atoms with van der Waals surface area (Å²) in [6, 6.07) is 0.498. The van der Waals surface area contributed by atoms with E-state index >= 15 is 0 Å². The van der Waals surface area contributed by atoms with Crippen LogP contribution in [0.25, 0.3) is 0 Å². The van der Waals surface area contributed by atoms with Crippen molar-refractivity contribution in [2.24, 2.45) is 5.41 Å². The fraction of sp³-hybridized carbons (Fsp3) is 1.00. The quantitative estimate of drug-likeness (QED) is 0.619. The molecule has 0 rings (SSSR count). The van der Waals surface area contributed by atoms with Crippen molar-refractivity contribution in [3.05, 3.63) is 0 Å². The number of aliphatic hydroxyl groups excluding tert-OH is 1. The first-order valence-corrected chi connectivity index (χ1v) is 5.85. The minimum Gasteiger partial charge on any atom is -0.396 e. The first-order valence-electron chi connectivity index (χ1n) is 5.85. The third kappa shape index (κ3) is 8.85. The predicted octanol–water partition coefficient (Wildman–Crippen LogP) is 1.80. The van der Waals surface area contributed by atoms with Crippen LogP contribution in [-0.4, -0.2) is 38.0 Å². The van der Waals surface area contributed by atoms with Gasteiger partial charge in [-0.15, -0.1) is 0 Å². The van der Waals surface area contributed by atoms with E-state index in [4.69, 9.17) is 9.84 Å². The molecule has 0 aliphatic carbocycles. The van der Waals surface area contributed by atoms with Crippen LogP contribution in [0, 0.1) is 5.41 Å². The van der Waals surface area contributed by atoms with Crippen LogP contribution in [0.2, 0.25) is 0 Å². The van der Waals surface area contributed by atoms with Crippen molar-refractivity contribution in [3.8, 4) is 0 Å². The summed E-state index contributed by atoms with van der Waals surface area (Å²) >= 11 is 0. The Morgan fingerprint density at radius 1 is 1.40 bits per heavy atom. The highest BCUT2D eigenvalue weighted by Crippen LogP contribution is 2.20. The van der Waals surface area contributed by atoms with Crippen LogP contribution >= 0.6 is 0 Å². The molecule has 0 aromatic rings. The highest BCUT2D eigenvalue weighted by atomic mass is 16.5. The summed E-state index contributed by atoms with van der Waals surface area (Å²) in [5.41, 5.74) is 0.268. The van der Waals surface area contributed by atoms with Gasteiger partial charge < -0.3 is 15.2 Å². The molecule has 92 valence electrons. The van der Waals surface area contributed by atoms with Crippen LogP contribution in [0.1, 0.15) is 40.0 Å². The summed E-state index contributed by atoms with van der Waals surface area (Å²) in [6.07, 6.45) is 3.00. The molecule has 0 fully saturated rings. The Balaban J connectivity index is 3.62. The standard InChI is InChI=1S/C12H27NO2/c1-11(6-9-15-4)13-10-12(2,3)7-5-8-14/h11,13-14H,5-10H2,1-4H3. The monoisotopic (exact) mass is 217 g/mol. The number of rotatable bonds is 9. The van der Waals surface area contributed by atoms with Gasteiger partial charge in [0, 0.05) is 32.9 Å². The van der Waals surface area contributed by atoms with Gasteiger partial charge in [-0.2, -0.15) is 0 Å². The van der Waals surface area contributed by atoms with E-state index in [1.165, 1.54) is 0 Å². The number of nitrogens with one attached hydrogen (secondary N) is 1. The molecule has 0 saturated carbocycles. The Morgan fingerprint density at radius 3 is 2.60 bits per heavy atom. The summed E-state index contributed by atoms with van der Waals surface area (Å²) in [5, 5.41) is 12.3. The van der Waals surface area contributed by atoms with Crippen LogP contribution in [-0.2, 0) is 4.74 Å². The molecule has 3 heteroatoms. The zero-order valence-electron chi connectivity index (χ0n) is 10.7. The Morgan fingerprint density at radius 2 is 2.07 bits per heavy atom. The van der Waals surface area contributed by atoms with E-state index in [2.05, 4.69) is 26.1 Å². The van der Waals surface area contributed by atoms with Crippen molar-refractivity contribution in [3.63, 3.8) is 0 Å². The molecule has 0 aliphatic heterocycles. The van der Waals surface area contributed by atoms with Crippen molar-refractivity contribution in [1.82, 2.24) is 5.32 Å². The van der Waals surface area contributed by atoms with Crippen LogP contribution in [0.3, 0.4) is 0 Å². The fourth-order valence-electron chi connectivity index (χ4n) is 1.49. The van der Waals surface area contributed by atoms with Gasteiger partial charge in [-0.05, 0) is 31.6 Å². The summed E-state index contributed by atoms with van der Waals surface area (Å²) in [6.45, 7) is 8.75. The van der Waals surface area contributed by atoms with Crippen molar-refractivity contribution in [2.45, 2.75) is 46.1 Å². The van der Waals surface area contributed by atoms with E-state index in [1.54, 1.807) is 7.11 Å². The van der Waals surface area contributed by atoms with E-state index in [0.717, 1.165) is 32.4 Å². The summed E-state index contributed by atoms with van der Waals surface area (Å²) in [4.78, 5) is 0. The van der Waals surface area contributed by atoms with Crippen LogP contribution in [0.4, 0.5) is 0 Å². The number of methoxy groups -OCH3 is 1. The minimum absolute atomic E-state index is 0.268. The van der Waals surface area contributed by atoms with Gasteiger partial charge in [-0.3, -0.25) is 0 Å². The SMILES string of the molecule is COCCC(C)NCC(C)(C)CCCO. The topological polar surface area (TPSA) is 41.5 Å². The van der Waals surface area contributed by atoms with Gasteiger partial charge in [0.15, 0.2) is 0 Å². The third-order valence-electron chi connectivity index (χ3n) is 2.70. The summed E-state index contributed by atoms with van der Waals surface area (Å²) in [5.74, 6) is 0. The lowest BCUT2D eigenvalue weighted by atomic mass is 9.87. The first-order chi connectivity index (χ1) is 7.02. The van der Waals surface area contributed by atoms with Crippen LogP contribution < -0.4 is 5.32 Å². The van der Waals surface area contributed by atoms with Gasteiger partial charge in [-0.25, -0.2) is 0 Å². The lowest BCUT2D eigenvalue weighted by molar-refractivity contribution is 0.179. The summed E-state index contributed by atoms with van der Waals surface area (Å²) < 4.78 is 5.04. The van der Waals surface area contributed by atoms with Crippen LogP contribution in [0.5, 0.6) is 0 Å². The molecule has 15 heavy (non-hydrogen) atoms. The van der Waals surface area contributed by atoms with Crippen molar-refractivity contribution < 1.29 is 9.84 Å². The normalized spacial score (nSPS) is 14.2. The maximum atomic E-state index is 8.79. The van der Waals surface area contributed by atoms with Gasteiger partial charge in [0.05, 0.1) is 0 Å². The average Bonchev–Trinajstić information content (AvgIpc) is 2.21. The second kappa shape index (κ2) is 8.08. The molecule has 1 atom stereocenters. The van der Waals surface area contributed by atoms with Crippen molar-refractivity contribution >= 4 is 0 Å². The number of hydrogen-bond acceptors (Lipinski definition) is 3. The average molecular weight is 217 g/mol. The summed E-state index contributed by atoms with van der Waals surface area (Å²) in [7, 11) is 1.73. The Labute approximate surface area is 94.2 Å². The molecule has 3 nitrogen and oxygen atoms in total. The lowest BCUT2D eigenvalue weighted by Crippen LogP contribution is -2.36. The molecular formula is C12H27NO2. The zero-order valence-corrected chi connectivity index (χ0v) is 10.7. The molecular weight excluding hydrogens is 190 g/mol. The predicted molar refractivity (Wildman–Crippen MR) is 64.1 cm³/mol. The van der Waals surface area contributed by atoms with Crippen molar-refractivity contribution in [2.75, 3.05) is 26.9 Å². The van der Waals surface area contributed by atoms with E-state index in [1.807, 2.05) is 0 Å². The van der Waals surface area contributed by atoms with Gasteiger partial charge in [0.1, 0.15) is 0 Å². The second-order valence-corrected chi connectivity index (χ2v) is 5.05. The van der Waals surface area contributed by atoms with Gasteiger partial charge in [-0.1, -0.05) is 13.8 Å². The molecule has 0 aromatic carbocycles. The Kier molecular flexibility index (Phi) is 8.02. The Bertz CT molecular complexity index is 149. The van der Waals surface area contributed by atoms with Crippen molar-refractivity contribution in [1.29, 1.82) is 0 Å². The number of hydrogen-bond donors (Lipinski definition) is 2. The molecule has 0 bridgehead atoms. The number of aliphatic hydroxyl groups is 1. The van der Waals surface area contributed by atoms with Gasteiger partial charge in [0.25, 0.3) is 0 Å². The molecule has 0 radical (unpaired) electrons. The molecule has 0 spiro atoms. The smallest absolute Gasteiger partial charge is 0.0476 e. The first kappa shape index (κ1) is 14.9. The molecule has 0 saturated heterocycles. The van der Waals surface area contributed by atoms with Gasteiger partial charge in [0.2, 0.25) is 0 Å². The highest BCUT2D eigenvalue weighted by molar-refractivity contribution is 4.73. The molecule has 0 heterocycles. The van der Waals surface area contributed by atoms with E-state index in [-0.39, 0.29) is 5.41 Å².